The molecule has 0 spiro atoms. The fraction of sp³-hybridized carbons (Fsp3) is 0.571. The van der Waals surface area contributed by atoms with Crippen LogP contribution in [0.5, 0.6) is 0 Å². The summed E-state index contributed by atoms with van der Waals surface area (Å²) in [6.07, 6.45) is -0.794. The van der Waals surface area contributed by atoms with Crippen molar-refractivity contribution in [2.75, 3.05) is 18.0 Å². The van der Waals surface area contributed by atoms with Crippen molar-refractivity contribution in [3.63, 3.8) is 0 Å². The van der Waals surface area contributed by atoms with Gasteiger partial charge in [0.25, 0.3) is 11.4 Å². The zero-order chi connectivity index (χ0) is 17.9. The summed E-state index contributed by atoms with van der Waals surface area (Å²) in [6.45, 7) is 0.681. The summed E-state index contributed by atoms with van der Waals surface area (Å²) in [4.78, 5) is 22.0. The molecule has 1 aliphatic rings. The second-order valence-electron chi connectivity index (χ2n) is 5.63. The molecule has 0 radical (unpaired) electrons. The second kappa shape index (κ2) is 7.02. The van der Waals surface area contributed by atoms with Gasteiger partial charge in [0.2, 0.25) is 0 Å². The average Bonchev–Trinajstić information content (AvgIpc) is 2.44. The van der Waals surface area contributed by atoms with Gasteiger partial charge in [0.05, 0.1) is 15.4 Å². The monoisotopic (exact) mass is 347 g/mol. The maximum absolute atomic E-state index is 12.9. The third kappa shape index (κ3) is 3.92. The minimum absolute atomic E-state index is 0.333. The highest BCUT2D eigenvalue weighted by atomic mass is 19.4. The number of hydrogen-bond donors (Lipinski definition) is 0. The molecular weight excluding hydrogens is 331 g/mol. The van der Waals surface area contributed by atoms with E-state index >= 15 is 0 Å². The molecule has 0 aliphatic carbocycles. The maximum atomic E-state index is 12.9. The zero-order valence-electron chi connectivity index (χ0n) is 12.7. The summed E-state index contributed by atoms with van der Waals surface area (Å²) in [5, 5.41) is 22.5. The van der Waals surface area contributed by atoms with E-state index in [0.717, 1.165) is 19.3 Å². The van der Waals surface area contributed by atoms with E-state index in [-0.39, 0.29) is 5.69 Å². The lowest BCUT2D eigenvalue weighted by atomic mass is 10.1. The van der Waals surface area contributed by atoms with Gasteiger partial charge >= 0.3 is 6.18 Å². The molecule has 1 aliphatic heterocycles. The van der Waals surface area contributed by atoms with E-state index in [1.54, 1.807) is 0 Å². The molecule has 0 amide bonds. The van der Waals surface area contributed by atoms with Crippen molar-refractivity contribution in [3.8, 4) is 0 Å². The third-order valence-corrected chi connectivity index (χ3v) is 3.96. The molecule has 0 bridgehead atoms. The van der Waals surface area contributed by atoms with Gasteiger partial charge < -0.3 is 4.90 Å². The summed E-state index contributed by atoms with van der Waals surface area (Å²) in [7, 11) is 0. The predicted octanol–water partition coefficient (Wildman–Crippen LogP) is 4.29. The lowest BCUT2D eigenvalue weighted by molar-refractivity contribution is -0.393. The molecule has 1 aromatic rings. The number of rotatable bonds is 3. The molecule has 2 rings (SSSR count). The minimum Gasteiger partial charge on any atom is -0.360 e. The molecule has 24 heavy (non-hydrogen) atoms. The van der Waals surface area contributed by atoms with Crippen LogP contribution >= 0.6 is 0 Å². The van der Waals surface area contributed by atoms with Crippen LogP contribution < -0.4 is 4.90 Å². The van der Waals surface area contributed by atoms with E-state index in [2.05, 4.69) is 0 Å². The molecular formula is C14H16F3N3O4. The first-order valence-electron chi connectivity index (χ1n) is 7.51. The Labute approximate surface area is 135 Å². The minimum atomic E-state index is -4.90. The van der Waals surface area contributed by atoms with Gasteiger partial charge in [-0.15, -0.1) is 0 Å². The maximum Gasteiger partial charge on any atom is 0.416 e. The highest BCUT2D eigenvalue weighted by Crippen LogP contribution is 2.43. The van der Waals surface area contributed by atoms with Gasteiger partial charge in [-0.25, -0.2) is 0 Å². The lowest BCUT2D eigenvalue weighted by Gasteiger charge is -2.26. The van der Waals surface area contributed by atoms with Crippen LogP contribution in [0.25, 0.3) is 0 Å². The molecule has 1 saturated heterocycles. The quantitative estimate of drug-likeness (QED) is 0.601. The van der Waals surface area contributed by atoms with Gasteiger partial charge in [0.15, 0.2) is 5.69 Å². The molecule has 1 heterocycles. The molecule has 10 heteroatoms. The summed E-state index contributed by atoms with van der Waals surface area (Å²) in [6, 6.07) is 0.752. The van der Waals surface area contributed by atoms with E-state index in [1.807, 2.05) is 0 Å². The van der Waals surface area contributed by atoms with Gasteiger partial charge in [-0.2, -0.15) is 13.2 Å². The van der Waals surface area contributed by atoms with Gasteiger partial charge in [-0.05, 0) is 12.8 Å². The van der Waals surface area contributed by atoms with Crippen molar-refractivity contribution in [2.24, 2.45) is 0 Å². The topological polar surface area (TPSA) is 89.5 Å². The predicted molar refractivity (Wildman–Crippen MR) is 80.1 cm³/mol. The van der Waals surface area contributed by atoms with Crippen molar-refractivity contribution in [1.82, 2.24) is 0 Å². The molecule has 0 saturated carbocycles. The molecule has 0 unspecified atom stereocenters. The van der Waals surface area contributed by atoms with Crippen LogP contribution in [0.15, 0.2) is 12.1 Å². The standard InChI is InChI=1S/C14H16F3N3O4/c15-14(16,17)10-8-11(19(21)22)13(12(9-10)20(23)24)18-6-4-2-1-3-5-7-18/h8-9H,1-7H2. The first-order chi connectivity index (χ1) is 11.2. The summed E-state index contributed by atoms with van der Waals surface area (Å²) < 4.78 is 38.7. The Hall–Kier alpha value is -2.39. The van der Waals surface area contributed by atoms with Gasteiger partial charge in [0.1, 0.15) is 0 Å². The second-order valence-corrected chi connectivity index (χ2v) is 5.63. The Balaban J connectivity index is 2.62. The number of nitro benzene ring substituents is 2. The first-order valence-corrected chi connectivity index (χ1v) is 7.51. The van der Waals surface area contributed by atoms with Crippen molar-refractivity contribution in [3.05, 3.63) is 37.9 Å². The summed E-state index contributed by atoms with van der Waals surface area (Å²) in [5.41, 5.74) is -3.48. The first kappa shape index (κ1) is 18.0. The van der Waals surface area contributed by atoms with E-state index in [9.17, 15) is 33.4 Å². The van der Waals surface area contributed by atoms with Crippen LogP contribution in [0.1, 0.15) is 37.7 Å². The fourth-order valence-corrected chi connectivity index (χ4v) is 2.84. The van der Waals surface area contributed by atoms with Crippen LogP contribution in [0, 0.1) is 20.2 Å². The number of alkyl halides is 3. The molecule has 0 atom stereocenters. The Kier molecular flexibility index (Phi) is 5.25. The average molecular weight is 347 g/mol. The van der Waals surface area contributed by atoms with E-state index in [1.165, 1.54) is 4.90 Å². The van der Waals surface area contributed by atoms with Crippen LogP contribution in [-0.4, -0.2) is 22.9 Å². The van der Waals surface area contributed by atoms with Crippen LogP contribution in [0.2, 0.25) is 0 Å². The van der Waals surface area contributed by atoms with Crippen molar-refractivity contribution >= 4 is 17.1 Å². The lowest BCUT2D eigenvalue weighted by Crippen LogP contribution is -2.28. The number of benzene rings is 1. The van der Waals surface area contributed by atoms with Crippen LogP contribution in [0.4, 0.5) is 30.2 Å². The number of hydrogen-bond acceptors (Lipinski definition) is 5. The normalized spacial score (nSPS) is 16.4. The molecule has 0 N–H and O–H groups in total. The summed E-state index contributed by atoms with van der Waals surface area (Å²) >= 11 is 0. The Morgan fingerprint density at radius 2 is 1.29 bits per heavy atom. The molecule has 132 valence electrons. The molecule has 1 fully saturated rings. The van der Waals surface area contributed by atoms with Crippen molar-refractivity contribution in [2.45, 2.75) is 38.3 Å². The molecule has 7 nitrogen and oxygen atoms in total. The van der Waals surface area contributed by atoms with E-state index in [0.29, 0.717) is 38.1 Å². The highest BCUT2D eigenvalue weighted by molar-refractivity contribution is 5.76. The number of halogens is 3. The van der Waals surface area contributed by atoms with Crippen LogP contribution in [0.3, 0.4) is 0 Å². The smallest absolute Gasteiger partial charge is 0.360 e. The number of anilines is 1. The van der Waals surface area contributed by atoms with E-state index < -0.39 is 33.0 Å². The fourth-order valence-electron chi connectivity index (χ4n) is 2.84. The van der Waals surface area contributed by atoms with Gasteiger partial charge in [-0.1, -0.05) is 19.3 Å². The van der Waals surface area contributed by atoms with Gasteiger partial charge in [0, 0.05) is 25.2 Å². The van der Waals surface area contributed by atoms with Crippen LogP contribution in [-0.2, 0) is 6.18 Å². The SMILES string of the molecule is O=[N+]([O-])c1cc(C(F)(F)F)cc([N+](=O)[O-])c1N1CCCCCCC1. The Morgan fingerprint density at radius 1 is 0.875 bits per heavy atom. The largest absolute Gasteiger partial charge is 0.416 e. The summed E-state index contributed by atoms with van der Waals surface area (Å²) in [5.74, 6) is 0. The number of nitrogens with zero attached hydrogens (tertiary/aromatic N) is 3. The Morgan fingerprint density at radius 3 is 1.67 bits per heavy atom. The molecule has 0 aromatic heterocycles. The van der Waals surface area contributed by atoms with Crippen molar-refractivity contribution < 1.29 is 23.0 Å². The van der Waals surface area contributed by atoms with Gasteiger partial charge in [-0.3, -0.25) is 20.2 Å². The zero-order valence-corrected chi connectivity index (χ0v) is 12.7. The molecule has 1 aromatic carbocycles. The number of nitro groups is 2. The van der Waals surface area contributed by atoms with Crippen molar-refractivity contribution in [1.29, 1.82) is 0 Å². The Bertz CT molecular complexity index is 606. The highest BCUT2D eigenvalue weighted by Gasteiger charge is 2.39. The third-order valence-electron chi connectivity index (χ3n) is 3.96. The van der Waals surface area contributed by atoms with E-state index in [4.69, 9.17) is 0 Å².